The van der Waals surface area contributed by atoms with Crippen LogP contribution in [0.25, 0.3) is 0 Å². The highest BCUT2D eigenvalue weighted by Crippen LogP contribution is 2.14. The topological polar surface area (TPSA) is 81.8 Å². The highest BCUT2D eigenvalue weighted by atomic mass is 16.1. The van der Waals surface area contributed by atoms with Crippen molar-refractivity contribution >= 4 is 12.2 Å². The smallest absolute Gasteiger partial charge is 0.222 e. The van der Waals surface area contributed by atoms with Crippen LogP contribution in [0.1, 0.15) is 59.3 Å². The molecule has 16 heavy (non-hydrogen) atoms. The number of nitrogens with one attached hydrogen (secondary N) is 2. The van der Waals surface area contributed by atoms with Gasteiger partial charge in [-0.3, -0.25) is 0 Å². The van der Waals surface area contributed by atoms with Gasteiger partial charge in [0.1, 0.15) is 0 Å². The maximum atomic E-state index is 8.35. The fourth-order valence-electron chi connectivity index (χ4n) is 1.25. The van der Waals surface area contributed by atoms with Crippen LogP contribution in [-0.4, -0.2) is 12.2 Å². The SMILES string of the molecule is CCCCC(C)CCCC.N=C=O.N=C=O. The number of isocyanates is 2. The van der Waals surface area contributed by atoms with Crippen molar-refractivity contribution in [1.82, 2.24) is 0 Å². The van der Waals surface area contributed by atoms with Crippen LogP contribution in [0.4, 0.5) is 0 Å². The van der Waals surface area contributed by atoms with E-state index in [1.165, 1.54) is 38.5 Å². The Hall–Kier alpha value is -1.24. The standard InChI is InChI=1S/C10H22.2CHNO/c1-4-6-8-10(3)9-7-5-2;2*2-1-3/h10H,4-9H2,1-3H3;2*2H. The summed E-state index contributed by atoms with van der Waals surface area (Å²) in [5.41, 5.74) is 0. The molecule has 2 N–H and O–H groups in total. The predicted octanol–water partition coefficient (Wildman–Crippen LogP) is 3.80. The van der Waals surface area contributed by atoms with E-state index >= 15 is 0 Å². The molecule has 0 rings (SSSR count). The van der Waals surface area contributed by atoms with Gasteiger partial charge in [-0.1, -0.05) is 59.3 Å². The molecule has 4 heteroatoms. The first kappa shape index (κ1) is 20.2. The Morgan fingerprint density at radius 1 is 0.938 bits per heavy atom. The molecule has 0 bridgehead atoms. The summed E-state index contributed by atoms with van der Waals surface area (Å²) >= 11 is 0. The number of unbranched alkanes of at least 4 members (excludes halogenated alkanes) is 2. The molecule has 0 heterocycles. The quantitative estimate of drug-likeness (QED) is 0.535. The number of hydrogen-bond donors (Lipinski definition) is 2. The van der Waals surface area contributed by atoms with Crippen LogP contribution in [-0.2, 0) is 9.59 Å². The molecule has 0 fully saturated rings. The van der Waals surface area contributed by atoms with Crippen molar-refractivity contribution in [1.29, 1.82) is 10.8 Å². The highest BCUT2D eigenvalue weighted by molar-refractivity contribution is 5.26. The molecule has 0 aliphatic carbocycles. The first-order valence-electron chi connectivity index (χ1n) is 5.72. The van der Waals surface area contributed by atoms with Gasteiger partial charge in [0, 0.05) is 0 Å². The minimum atomic E-state index is 0.750. The van der Waals surface area contributed by atoms with E-state index < -0.39 is 0 Å². The second-order valence-corrected chi connectivity index (χ2v) is 3.59. The molecule has 0 aromatic rings. The molecule has 94 valence electrons. The fraction of sp³-hybridized carbons (Fsp3) is 0.833. The van der Waals surface area contributed by atoms with E-state index in [0.717, 1.165) is 18.1 Å². The van der Waals surface area contributed by atoms with E-state index in [2.05, 4.69) is 20.8 Å². The Morgan fingerprint density at radius 2 is 1.19 bits per heavy atom. The average Bonchev–Trinajstić information content (AvgIpc) is 2.25. The van der Waals surface area contributed by atoms with Crippen molar-refractivity contribution in [2.45, 2.75) is 59.3 Å². The van der Waals surface area contributed by atoms with Crippen LogP contribution in [0.3, 0.4) is 0 Å². The van der Waals surface area contributed by atoms with Crippen molar-refractivity contribution in [3.05, 3.63) is 0 Å². The molecule has 0 atom stereocenters. The molecule has 0 saturated carbocycles. The van der Waals surface area contributed by atoms with Gasteiger partial charge >= 0.3 is 0 Å². The Kier molecular flexibility index (Phi) is 29.7. The third kappa shape index (κ3) is 38.6. The van der Waals surface area contributed by atoms with E-state index in [-0.39, 0.29) is 0 Å². The lowest BCUT2D eigenvalue weighted by molar-refractivity contribution is 0.454. The maximum absolute atomic E-state index is 8.35. The zero-order chi connectivity index (χ0) is 13.2. The number of carbonyl (C=O) groups excluding carboxylic acids is 2. The average molecular weight is 228 g/mol. The normalized spacial score (nSPS) is 7.75. The summed E-state index contributed by atoms with van der Waals surface area (Å²) in [6.45, 7) is 6.92. The van der Waals surface area contributed by atoms with Crippen LogP contribution in [0, 0.1) is 16.7 Å². The van der Waals surface area contributed by atoms with Crippen molar-refractivity contribution in [2.75, 3.05) is 0 Å². The van der Waals surface area contributed by atoms with Crippen molar-refractivity contribution < 1.29 is 9.59 Å². The summed E-state index contributed by atoms with van der Waals surface area (Å²) in [7, 11) is 0. The molecular formula is C12H24N2O2. The van der Waals surface area contributed by atoms with Crippen LogP contribution in [0.15, 0.2) is 0 Å². The van der Waals surface area contributed by atoms with Gasteiger partial charge in [-0.15, -0.1) is 0 Å². The summed E-state index contributed by atoms with van der Waals surface area (Å²) in [5, 5.41) is 10.8. The monoisotopic (exact) mass is 228 g/mol. The van der Waals surface area contributed by atoms with Crippen molar-refractivity contribution in [3.63, 3.8) is 0 Å². The predicted molar refractivity (Wildman–Crippen MR) is 65.0 cm³/mol. The molecule has 0 amide bonds. The second-order valence-electron chi connectivity index (χ2n) is 3.59. The van der Waals surface area contributed by atoms with Gasteiger partial charge < -0.3 is 0 Å². The van der Waals surface area contributed by atoms with E-state index in [0.29, 0.717) is 0 Å². The Balaban J connectivity index is -0.000000235. The largest absolute Gasteiger partial charge is 0.231 e. The molecule has 0 radical (unpaired) electrons. The van der Waals surface area contributed by atoms with Gasteiger partial charge in [0.25, 0.3) is 0 Å². The Labute approximate surface area is 98.5 Å². The zero-order valence-electron chi connectivity index (χ0n) is 10.6. The van der Waals surface area contributed by atoms with Gasteiger partial charge in [0.2, 0.25) is 12.2 Å². The third-order valence-electron chi connectivity index (χ3n) is 2.10. The van der Waals surface area contributed by atoms with Gasteiger partial charge in [0.15, 0.2) is 0 Å². The lowest BCUT2D eigenvalue weighted by Gasteiger charge is -2.08. The lowest BCUT2D eigenvalue weighted by Crippen LogP contribution is -1.93. The summed E-state index contributed by atoms with van der Waals surface area (Å²) < 4.78 is 0. The minimum Gasteiger partial charge on any atom is -0.222 e. The maximum Gasteiger partial charge on any atom is 0.231 e. The molecule has 0 aromatic carbocycles. The van der Waals surface area contributed by atoms with Gasteiger partial charge in [-0.2, -0.15) is 0 Å². The lowest BCUT2D eigenvalue weighted by atomic mass is 9.98. The number of hydrogen-bond acceptors (Lipinski definition) is 4. The van der Waals surface area contributed by atoms with E-state index in [4.69, 9.17) is 20.4 Å². The minimum absolute atomic E-state index is 0.750. The second kappa shape index (κ2) is 23.5. The molecule has 0 aromatic heterocycles. The molecule has 0 unspecified atom stereocenters. The van der Waals surface area contributed by atoms with Gasteiger partial charge in [-0.25, -0.2) is 20.4 Å². The van der Waals surface area contributed by atoms with Crippen LogP contribution >= 0.6 is 0 Å². The van der Waals surface area contributed by atoms with Gasteiger partial charge in [-0.05, 0) is 5.92 Å². The molecule has 0 aliphatic rings. The molecule has 4 nitrogen and oxygen atoms in total. The molecule has 0 spiro atoms. The Bertz CT molecular complexity index is 161. The highest BCUT2D eigenvalue weighted by Gasteiger charge is 1.98. The summed E-state index contributed by atoms with van der Waals surface area (Å²) in [4.78, 5) is 16.7. The van der Waals surface area contributed by atoms with Crippen LogP contribution < -0.4 is 0 Å². The molecule has 0 aliphatic heterocycles. The van der Waals surface area contributed by atoms with E-state index in [9.17, 15) is 0 Å². The summed E-state index contributed by atoms with van der Waals surface area (Å²) in [5.74, 6) is 0.972. The summed E-state index contributed by atoms with van der Waals surface area (Å²) in [6, 6.07) is 0. The third-order valence-corrected chi connectivity index (χ3v) is 2.10. The first-order valence-corrected chi connectivity index (χ1v) is 5.72. The fourth-order valence-corrected chi connectivity index (χ4v) is 1.25. The molecular weight excluding hydrogens is 204 g/mol. The van der Waals surface area contributed by atoms with Crippen LogP contribution in [0.2, 0.25) is 0 Å². The van der Waals surface area contributed by atoms with E-state index in [1.807, 2.05) is 0 Å². The Morgan fingerprint density at radius 3 is 1.38 bits per heavy atom. The van der Waals surface area contributed by atoms with Crippen molar-refractivity contribution in [3.8, 4) is 0 Å². The van der Waals surface area contributed by atoms with Crippen molar-refractivity contribution in [2.24, 2.45) is 5.92 Å². The van der Waals surface area contributed by atoms with E-state index in [1.54, 1.807) is 0 Å². The zero-order valence-corrected chi connectivity index (χ0v) is 10.6. The first-order chi connectivity index (χ1) is 7.64. The van der Waals surface area contributed by atoms with Gasteiger partial charge in [0.05, 0.1) is 0 Å². The summed E-state index contributed by atoms with van der Waals surface area (Å²) in [6.07, 6.45) is 9.94. The van der Waals surface area contributed by atoms with Crippen LogP contribution in [0.5, 0.6) is 0 Å². The number of rotatable bonds is 6. The molecule has 0 saturated heterocycles.